The fourth-order valence-corrected chi connectivity index (χ4v) is 6.50. The maximum absolute atomic E-state index is 14.3. The fraction of sp³-hybridized carbons (Fsp3) is 0.161. The van der Waals surface area contributed by atoms with Crippen LogP contribution in [0.15, 0.2) is 108 Å². The summed E-state index contributed by atoms with van der Waals surface area (Å²) >= 11 is 18.8. The lowest BCUT2D eigenvalue weighted by Gasteiger charge is -2.33. The lowest BCUT2D eigenvalue weighted by Crippen LogP contribution is -2.53. The molecule has 0 heterocycles. The van der Waals surface area contributed by atoms with Crippen molar-refractivity contribution in [2.24, 2.45) is 0 Å². The molecular weight excluding hydrogens is 617 g/mol. The lowest BCUT2D eigenvalue weighted by atomic mass is 10.0. The molecule has 11 heteroatoms. The van der Waals surface area contributed by atoms with Crippen molar-refractivity contribution in [1.82, 2.24) is 10.2 Å². The quantitative estimate of drug-likeness (QED) is 0.210. The van der Waals surface area contributed by atoms with Crippen LogP contribution in [-0.4, -0.2) is 44.8 Å². The Hall–Kier alpha value is -3.56. The van der Waals surface area contributed by atoms with Crippen molar-refractivity contribution in [3.05, 3.63) is 129 Å². The molecule has 0 fully saturated rings. The Kier molecular flexibility index (Phi) is 10.5. The summed E-state index contributed by atoms with van der Waals surface area (Å²) in [6, 6.07) is 27.3. The van der Waals surface area contributed by atoms with Crippen molar-refractivity contribution in [2.45, 2.75) is 23.9 Å². The highest BCUT2D eigenvalue weighted by molar-refractivity contribution is 7.92. The molecule has 0 saturated carbocycles. The zero-order valence-corrected chi connectivity index (χ0v) is 25.7. The standard InChI is InChI=1S/C31H28Cl3N3O4S/c1-35-31(39)29(19-22-10-4-2-5-11-22)36(20-23-16-17-25(32)27(34)18-23)30(38)21-37(28-15-9-8-14-26(28)33)42(40,41)24-12-6-3-7-13-24/h2-18,29H,19-21H2,1H3,(H,35,39)/t29-/m1/s1. The number of hydrogen-bond donors (Lipinski definition) is 1. The maximum Gasteiger partial charge on any atom is 0.264 e. The Labute approximate surface area is 260 Å². The van der Waals surface area contributed by atoms with Crippen LogP contribution in [0.1, 0.15) is 11.1 Å². The van der Waals surface area contributed by atoms with Crippen molar-refractivity contribution in [3.8, 4) is 0 Å². The summed E-state index contributed by atoms with van der Waals surface area (Å²) in [6.45, 7) is -0.660. The van der Waals surface area contributed by atoms with Gasteiger partial charge in [-0.05, 0) is 47.5 Å². The van der Waals surface area contributed by atoms with E-state index in [0.29, 0.717) is 10.6 Å². The van der Waals surface area contributed by atoms with E-state index < -0.39 is 34.4 Å². The molecule has 0 aliphatic carbocycles. The predicted molar refractivity (Wildman–Crippen MR) is 167 cm³/mol. The minimum absolute atomic E-state index is 0.0131. The van der Waals surface area contributed by atoms with Gasteiger partial charge >= 0.3 is 0 Å². The minimum atomic E-state index is -4.24. The van der Waals surface area contributed by atoms with Crippen molar-refractivity contribution in [1.29, 1.82) is 0 Å². The monoisotopic (exact) mass is 643 g/mol. The Balaban J connectivity index is 1.80. The Bertz CT molecular complexity index is 1650. The molecule has 0 spiro atoms. The molecule has 0 aliphatic heterocycles. The number of rotatable bonds is 11. The van der Waals surface area contributed by atoms with E-state index >= 15 is 0 Å². The number of likely N-dealkylation sites (N-methyl/N-ethyl adjacent to an activating group) is 1. The molecule has 0 bridgehead atoms. The number of halogens is 3. The summed E-state index contributed by atoms with van der Waals surface area (Å²) < 4.78 is 28.8. The Morgan fingerprint density at radius 3 is 2.00 bits per heavy atom. The molecule has 2 amide bonds. The highest BCUT2D eigenvalue weighted by atomic mass is 35.5. The summed E-state index contributed by atoms with van der Waals surface area (Å²) in [7, 11) is -2.75. The van der Waals surface area contributed by atoms with Crippen molar-refractivity contribution in [2.75, 3.05) is 17.9 Å². The van der Waals surface area contributed by atoms with Crippen LogP contribution in [-0.2, 0) is 32.6 Å². The zero-order chi connectivity index (χ0) is 30.3. The van der Waals surface area contributed by atoms with E-state index in [1.807, 2.05) is 30.3 Å². The van der Waals surface area contributed by atoms with Crippen LogP contribution in [0.4, 0.5) is 5.69 Å². The second-order valence-corrected chi connectivity index (χ2v) is 12.4. The van der Waals surface area contributed by atoms with Crippen LogP contribution < -0.4 is 9.62 Å². The van der Waals surface area contributed by atoms with E-state index in [1.165, 1.54) is 30.1 Å². The van der Waals surface area contributed by atoms with E-state index in [9.17, 15) is 18.0 Å². The SMILES string of the molecule is CNC(=O)[C@@H](Cc1ccccc1)N(Cc1ccc(Cl)c(Cl)c1)C(=O)CN(c1ccccc1Cl)S(=O)(=O)c1ccccc1. The molecule has 0 saturated heterocycles. The number of anilines is 1. The van der Waals surface area contributed by atoms with E-state index in [0.717, 1.165) is 9.87 Å². The summed E-state index contributed by atoms with van der Waals surface area (Å²) in [6.07, 6.45) is 0.186. The van der Waals surface area contributed by atoms with Gasteiger partial charge in [0.25, 0.3) is 10.0 Å². The average molecular weight is 645 g/mol. The van der Waals surface area contributed by atoms with Crippen molar-refractivity contribution in [3.63, 3.8) is 0 Å². The van der Waals surface area contributed by atoms with Crippen molar-refractivity contribution >= 4 is 62.3 Å². The highest BCUT2D eigenvalue weighted by Crippen LogP contribution is 2.31. The van der Waals surface area contributed by atoms with Crippen LogP contribution in [0.2, 0.25) is 15.1 Å². The summed E-state index contributed by atoms with van der Waals surface area (Å²) in [5.74, 6) is -1.03. The molecule has 4 rings (SSSR count). The van der Waals surface area contributed by atoms with Gasteiger partial charge in [-0.3, -0.25) is 13.9 Å². The van der Waals surface area contributed by atoms with E-state index in [-0.39, 0.29) is 33.6 Å². The second-order valence-electron chi connectivity index (χ2n) is 9.37. The first-order chi connectivity index (χ1) is 20.1. The molecule has 4 aromatic rings. The number of benzene rings is 4. The van der Waals surface area contributed by atoms with Gasteiger partial charge in [0, 0.05) is 20.0 Å². The van der Waals surface area contributed by atoms with E-state index in [4.69, 9.17) is 34.8 Å². The number of carbonyl (C=O) groups excluding carboxylic acids is 2. The smallest absolute Gasteiger partial charge is 0.264 e. The van der Waals surface area contributed by atoms with Gasteiger partial charge < -0.3 is 10.2 Å². The minimum Gasteiger partial charge on any atom is -0.357 e. The molecule has 218 valence electrons. The third kappa shape index (κ3) is 7.44. The largest absolute Gasteiger partial charge is 0.357 e. The topological polar surface area (TPSA) is 86.8 Å². The highest BCUT2D eigenvalue weighted by Gasteiger charge is 2.35. The maximum atomic E-state index is 14.3. The summed E-state index contributed by atoms with van der Waals surface area (Å²) in [4.78, 5) is 28.9. The number of nitrogens with one attached hydrogen (secondary N) is 1. The molecule has 1 atom stereocenters. The van der Waals surface area contributed by atoms with Gasteiger partial charge in [-0.25, -0.2) is 8.42 Å². The number of para-hydroxylation sites is 1. The van der Waals surface area contributed by atoms with Crippen LogP contribution in [0.25, 0.3) is 0 Å². The molecule has 0 aromatic heterocycles. The first kappa shape index (κ1) is 31.4. The normalized spacial score (nSPS) is 11.9. The van der Waals surface area contributed by atoms with Gasteiger partial charge in [-0.1, -0.05) is 102 Å². The Morgan fingerprint density at radius 1 is 0.762 bits per heavy atom. The summed E-state index contributed by atoms with van der Waals surface area (Å²) in [5, 5.41) is 3.41. The molecule has 0 unspecified atom stereocenters. The Morgan fingerprint density at radius 2 is 1.38 bits per heavy atom. The lowest BCUT2D eigenvalue weighted by molar-refractivity contribution is -0.139. The van der Waals surface area contributed by atoms with Gasteiger partial charge in [0.1, 0.15) is 12.6 Å². The van der Waals surface area contributed by atoms with E-state index in [1.54, 1.807) is 54.6 Å². The summed E-state index contributed by atoms with van der Waals surface area (Å²) in [5.41, 5.74) is 1.55. The van der Waals surface area contributed by atoms with Crippen LogP contribution >= 0.6 is 34.8 Å². The third-order valence-electron chi connectivity index (χ3n) is 6.59. The fourth-order valence-electron chi connectivity index (χ4n) is 4.44. The van der Waals surface area contributed by atoms with Crippen molar-refractivity contribution < 1.29 is 18.0 Å². The molecule has 7 nitrogen and oxygen atoms in total. The predicted octanol–water partition coefficient (Wildman–Crippen LogP) is 6.23. The van der Waals surface area contributed by atoms with Crippen LogP contribution in [0.5, 0.6) is 0 Å². The molecule has 0 radical (unpaired) electrons. The molecule has 1 N–H and O–H groups in total. The van der Waals surface area contributed by atoms with Gasteiger partial charge in [-0.15, -0.1) is 0 Å². The van der Waals surface area contributed by atoms with Gasteiger partial charge in [0.05, 0.1) is 25.7 Å². The van der Waals surface area contributed by atoms with Gasteiger partial charge in [0.15, 0.2) is 0 Å². The number of sulfonamides is 1. The zero-order valence-electron chi connectivity index (χ0n) is 22.6. The third-order valence-corrected chi connectivity index (χ3v) is 9.42. The van der Waals surface area contributed by atoms with Crippen LogP contribution in [0.3, 0.4) is 0 Å². The molecule has 4 aromatic carbocycles. The average Bonchev–Trinajstić information content (AvgIpc) is 3.00. The first-order valence-electron chi connectivity index (χ1n) is 12.9. The number of amides is 2. The van der Waals surface area contributed by atoms with Gasteiger partial charge in [-0.2, -0.15) is 0 Å². The number of nitrogens with zero attached hydrogens (tertiary/aromatic N) is 2. The van der Waals surface area contributed by atoms with Crippen LogP contribution in [0, 0.1) is 0 Å². The number of hydrogen-bond acceptors (Lipinski definition) is 4. The first-order valence-corrected chi connectivity index (χ1v) is 15.5. The van der Waals surface area contributed by atoms with E-state index in [2.05, 4.69) is 5.32 Å². The molecule has 42 heavy (non-hydrogen) atoms. The molecular formula is C31H28Cl3N3O4S. The second kappa shape index (κ2) is 14.1. The number of carbonyl (C=O) groups is 2. The molecule has 0 aliphatic rings. The van der Waals surface area contributed by atoms with Gasteiger partial charge in [0.2, 0.25) is 11.8 Å².